The predicted molar refractivity (Wildman–Crippen MR) is 123 cm³/mol. The van der Waals surface area contributed by atoms with E-state index >= 15 is 0 Å². The van der Waals surface area contributed by atoms with Crippen molar-refractivity contribution in [2.45, 2.75) is 45.7 Å². The molecule has 1 fully saturated rings. The number of benzene rings is 1. The maximum Gasteiger partial charge on any atom is 0.164 e. The number of halogens is 1. The summed E-state index contributed by atoms with van der Waals surface area (Å²) in [5.41, 5.74) is 5.47. The van der Waals surface area contributed by atoms with Crippen molar-refractivity contribution in [3.8, 4) is 11.4 Å². The van der Waals surface area contributed by atoms with E-state index in [9.17, 15) is 4.39 Å². The topological polar surface area (TPSA) is 59.7 Å². The summed E-state index contributed by atoms with van der Waals surface area (Å²) in [5, 5.41) is 0. The Bertz CT molecular complexity index is 1260. The summed E-state index contributed by atoms with van der Waals surface area (Å²) in [6.07, 6.45) is 6.03. The lowest BCUT2D eigenvalue weighted by atomic mass is 10.0. The van der Waals surface area contributed by atoms with Crippen LogP contribution in [0.15, 0.2) is 42.7 Å². The molecular weight excluding hydrogens is 403 g/mol. The Kier molecular flexibility index (Phi) is 5.43. The lowest BCUT2D eigenvalue weighted by molar-refractivity contribution is 0.317. The van der Waals surface area contributed by atoms with Crippen LogP contribution in [0.2, 0.25) is 0 Å². The molecule has 6 nitrogen and oxygen atoms in total. The standard InChI is InChI=1S/C25H27FN6/c1-4-22-28-16(2)23-25(29-22)32(24(30-23)19-12-20(26)14-27-13-19)15-17-7-9-18(10-8-17)21-6-5-11-31(21)3/h7-10,12-14,21H,4-6,11,15H2,1-3H3. The minimum Gasteiger partial charge on any atom is -0.304 e. The molecule has 164 valence electrons. The van der Waals surface area contributed by atoms with Crippen molar-refractivity contribution in [1.29, 1.82) is 0 Å². The van der Waals surface area contributed by atoms with Gasteiger partial charge in [-0.2, -0.15) is 0 Å². The van der Waals surface area contributed by atoms with E-state index in [0.717, 1.165) is 41.2 Å². The molecule has 0 spiro atoms. The van der Waals surface area contributed by atoms with Gasteiger partial charge in [-0.1, -0.05) is 31.2 Å². The third kappa shape index (κ3) is 3.77. The average Bonchev–Trinajstić information content (AvgIpc) is 3.38. The second-order valence-electron chi connectivity index (χ2n) is 8.54. The molecule has 0 radical (unpaired) electrons. The van der Waals surface area contributed by atoms with Crippen molar-refractivity contribution in [3.63, 3.8) is 0 Å². The average molecular weight is 431 g/mol. The van der Waals surface area contributed by atoms with Crippen molar-refractivity contribution in [2.75, 3.05) is 13.6 Å². The monoisotopic (exact) mass is 430 g/mol. The minimum absolute atomic E-state index is 0.386. The first-order valence-electron chi connectivity index (χ1n) is 11.2. The molecule has 0 N–H and O–H groups in total. The summed E-state index contributed by atoms with van der Waals surface area (Å²) in [6.45, 7) is 5.72. The molecule has 0 saturated carbocycles. The second kappa shape index (κ2) is 8.39. The first-order valence-corrected chi connectivity index (χ1v) is 11.2. The van der Waals surface area contributed by atoms with Gasteiger partial charge < -0.3 is 4.57 Å². The molecule has 1 unspecified atom stereocenters. The molecule has 0 aliphatic carbocycles. The smallest absolute Gasteiger partial charge is 0.164 e. The molecule has 4 heterocycles. The molecule has 1 aliphatic rings. The zero-order valence-corrected chi connectivity index (χ0v) is 18.7. The summed E-state index contributed by atoms with van der Waals surface area (Å²) in [4.78, 5) is 20.6. The first kappa shape index (κ1) is 20.7. The van der Waals surface area contributed by atoms with Gasteiger partial charge in [0.2, 0.25) is 0 Å². The van der Waals surface area contributed by atoms with E-state index in [-0.39, 0.29) is 5.82 Å². The van der Waals surface area contributed by atoms with Crippen LogP contribution in [-0.4, -0.2) is 43.0 Å². The van der Waals surface area contributed by atoms with Gasteiger partial charge in [-0.3, -0.25) is 9.88 Å². The number of likely N-dealkylation sites (tertiary alicyclic amines) is 1. The van der Waals surface area contributed by atoms with Crippen LogP contribution in [0.1, 0.15) is 48.5 Å². The van der Waals surface area contributed by atoms with Crippen LogP contribution < -0.4 is 0 Å². The summed E-state index contributed by atoms with van der Waals surface area (Å²) < 4.78 is 16.0. The van der Waals surface area contributed by atoms with Gasteiger partial charge in [0.25, 0.3) is 0 Å². The third-order valence-corrected chi connectivity index (χ3v) is 6.32. The van der Waals surface area contributed by atoms with Crippen molar-refractivity contribution < 1.29 is 4.39 Å². The van der Waals surface area contributed by atoms with Gasteiger partial charge in [0, 0.05) is 24.2 Å². The lowest BCUT2D eigenvalue weighted by Gasteiger charge is -2.20. The van der Waals surface area contributed by atoms with Gasteiger partial charge >= 0.3 is 0 Å². The molecule has 0 bridgehead atoms. The highest BCUT2D eigenvalue weighted by Crippen LogP contribution is 2.31. The number of imidazole rings is 1. The van der Waals surface area contributed by atoms with E-state index < -0.39 is 0 Å². The Morgan fingerprint density at radius 2 is 1.91 bits per heavy atom. The Hall–Kier alpha value is -3.19. The highest BCUT2D eigenvalue weighted by atomic mass is 19.1. The van der Waals surface area contributed by atoms with Crippen LogP contribution in [0.3, 0.4) is 0 Å². The largest absolute Gasteiger partial charge is 0.304 e. The maximum atomic E-state index is 14.0. The fraction of sp³-hybridized carbons (Fsp3) is 0.360. The van der Waals surface area contributed by atoms with Crippen LogP contribution >= 0.6 is 0 Å². The summed E-state index contributed by atoms with van der Waals surface area (Å²) in [6, 6.07) is 10.8. The van der Waals surface area contributed by atoms with Gasteiger partial charge in [0.15, 0.2) is 5.65 Å². The molecule has 0 amide bonds. The number of fused-ring (bicyclic) bond motifs is 1. The summed E-state index contributed by atoms with van der Waals surface area (Å²) in [5.74, 6) is 1.04. The van der Waals surface area contributed by atoms with Gasteiger partial charge in [-0.05, 0) is 50.6 Å². The van der Waals surface area contributed by atoms with Crippen LogP contribution in [-0.2, 0) is 13.0 Å². The van der Waals surface area contributed by atoms with Gasteiger partial charge in [0.05, 0.1) is 18.4 Å². The lowest BCUT2D eigenvalue weighted by Crippen LogP contribution is -2.17. The van der Waals surface area contributed by atoms with E-state index in [4.69, 9.17) is 9.97 Å². The first-order chi connectivity index (χ1) is 15.5. The van der Waals surface area contributed by atoms with Crippen molar-refractivity contribution in [3.05, 3.63) is 71.2 Å². The SMILES string of the molecule is CCc1nc(C)c2nc(-c3cncc(F)c3)n(Cc3ccc(C4CCCN4C)cc3)c2n1. The quantitative estimate of drug-likeness (QED) is 0.459. The third-order valence-electron chi connectivity index (χ3n) is 6.32. The van der Waals surface area contributed by atoms with Crippen LogP contribution in [0.25, 0.3) is 22.6 Å². The zero-order chi connectivity index (χ0) is 22.2. The van der Waals surface area contributed by atoms with Gasteiger partial charge in [-0.25, -0.2) is 19.3 Å². The maximum absolute atomic E-state index is 14.0. The Labute approximate surface area is 187 Å². The molecule has 4 aromatic rings. The summed E-state index contributed by atoms with van der Waals surface area (Å²) in [7, 11) is 2.19. The van der Waals surface area contributed by atoms with E-state index in [2.05, 4.69) is 50.7 Å². The van der Waals surface area contributed by atoms with E-state index in [0.29, 0.717) is 24.0 Å². The highest BCUT2D eigenvalue weighted by Gasteiger charge is 2.23. The minimum atomic E-state index is -0.386. The normalized spacial score (nSPS) is 16.8. The second-order valence-corrected chi connectivity index (χ2v) is 8.54. The van der Waals surface area contributed by atoms with E-state index in [1.807, 2.05) is 13.8 Å². The Balaban J connectivity index is 1.58. The molecule has 1 atom stereocenters. The predicted octanol–water partition coefficient (Wildman–Crippen LogP) is 4.71. The number of hydrogen-bond donors (Lipinski definition) is 0. The number of pyridine rings is 1. The molecule has 1 aromatic carbocycles. The molecular formula is C25H27FN6. The molecule has 7 heteroatoms. The zero-order valence-electron chi connectivity index (χ0n) is 18.7. The van der Waals surface area contributed by atoms with Crippen LogP contribution in [0.5, 0.6) is 0 Å². The number of aromatic nitrogens is 5. The molecule has 1 aliphatic heterocycles. The molecule has 32 heavy (non-hydrogen) atoms. The Morgan fingerprint density at radius 3 is 2.59 bits per heavy atom. The molecule has 3 aromatic heterocycles. The number of rotatable bonds is 5. The summed E-state index contributed by atoms with van der Waals surface area (Å²) >= 11 is 0. The number of hydrogen-bond acceptors (Lipinski definition) is 5. The van der Waals surface area contributed by atoms with E-state index in [1.165, 1.54) is 30.7 Å². The van der Waals surface area contributed by atoms with Gasteiger partial charge in [-0.15, -0.1) is 0 Å². The molecule has 5 rings (SSSR count). The van der Waals surface area contributed by atoms with Crippen molar-refractivity contribution in [1.82, 2.24) is 29.4 Å². The fourth-order valence-electron chi connectivity index (χ4n) is 4.62. The van der Waals surface area contributed by atoms with Crippen LogP contribution in [0.4, 0.5) is 4.39 Å². The van der Waals surface area contributed by atoms with E-state index in [1.54, 1.807) is 6.20 Å². The van der Waals surface area contributed by atoms with Crippen molar-refractivity contribution >= 4 is 11.2 Å². The number of nitrogens with zero attached hydrogens (tertiary/aromatic N) is 6. The highest BCUT2D eigenvalue weighted by molar-refractivity contribution is 5.79. The van der Waals surface area contributed by atoms with Gasteiger partial charge in [0.1, 0.15) is 23.0 Å². The molecule has 1 saturated heterocycles. The fourth-order valence-corrected chi connectivity index (χ4v) is 4.62. The van der Waals surface area contributed by atoms with Crippen LogP contribution in [0, 0.1) is 12.7 Å². The number of aryl methyl sites for hydroxylation is 2. The van der Waals surface area contributed by atoms with Crippen molar-refractivity contribution in [2.24, 2.45) is 0 Å². The Morgan fingerprint density at radius 1 is 1.09 bits per heavy atom.